The van der Waals surface area contributed by atoms with E-state index in [0.29, 0.717) is 0 Å². The number of carbonyl (C=O) groups is 2. The third-order valence-corrected chi connectivity index (χ3v) is 0.943. The van der Waals surface area contributed by atoms with E-state index >= 15 is 0 Å². The molecule has 1 unspecified atom stereocenters. The topological polar surface area (TPSA) is 63.6 Å². The maximum Gasteiger partial charge on any atom is 0.342 e. The van der Waals surface area contributed by atoms with Crippen LogP contribution in [-0.4, -0.2) is 28.9 Å². The van der Waals surface area contributed by atoms with Gasteiger partial charge in [0.1, 0.15) is 6.10 Å². The van der Waals surface area contributed by atoms with Gasteiger partial charge < -0.3 is 9.84 Å². The fourth-order valence-corrected chi connectivity index (χ4v) is 0.294. The van der Waals surface area contributed by atoms with Crippen molar-refractivity contribution in [2.45, 2.75) is 13.0 Å². The van der Waals surface area contributed by atoms with E-state index in [0.717, 1.165) is 0 Å². The molecule has 0 aliphatic carbocycles. The van der Waals surface area contributed by atoms with Gasteiger partial charge in [0, 0.05) is 0 Å². The highest BCUT2D eigenvalue weighted by molar-refractivity contribution is 7.81. The Morgan fingerprint density at radius 2 is 2.20 bits per heavy atom. The summed E-state index contributed by atoms with van der Waals surface area (Å²) in [6.07, 6.45) is -1.26. The first kappa shape index (κ1) is 9.45. The highest BCUT2D eigenvalue weighted by atomic mass is 32.1. The second kappa shape index (κ2) is 4.29. The van der Waals surface area contributed by atoms with E-state index in [4.69, 9.17) is 5.11 Å². The minimum atomic E-state index is -1.26. The summed E-state index contributed by atoms with van der Waals surface area (Å²) in [6.45, 7) is 1.22. The van der Waals surface area contributed by atoms with Crippen LogP contribution >= 0.6 is 12.6 Å². The van der Waals surface area contributed by atoms with Crippen LogP contribution in [0, 0.1) is 0 Å². The average molecular weight is 164 g/mol. The monoisotopic (exact) mass is 164 g/mol. The quantitative estimate of drug-likeness (QED) is 0.324. The maximum atomic E-state index is 10.4. The van der Waals surface area contributed by atoms with E-state index < -0.39 is 18.0 Å². The number of hydrogen-bond donors (Lipinski definition) is 2. The Bertz CT molecular complexity index is 143. The van der Waals surface area contributed by atoms with Crippen molar-refractivity contribution in [1.29, 1.82) is 0 Å². The van der Waals surface area contributed by atoms with Gasteiger partial charge in [-0.2, -0.15) is 12.6 Å². The molecule has 0 aliphatic heterocycles. The summed E-state index contributed by atoms with van der Waals surface area (Å²) in [5, 5.41) is 8.51. The largest absolute Gasteiger partial charge is 0.391 e. The minimum Gasteiger partial charge on any atom is -0.391 e. The molecule has 0 saturated carbocycles. The standard InChI is InChI=1S/C5H8O4S/c1-3(6)5(8)9-4(7)2-10/h3,6,10H,2H2,1H3. The summed E-state index contributed by atoms with van der Waals surface area (Å²) in [5.41, 5.74) is 0. The molecule has 58 valence electrons. The first-order chi connectivity index (χ1) is 4.57. The van der Waals surface area contributed by atoms with Gasteiger partial charge >= 0.3 is 11.9 Å². The van der Waals surface area contributed by atoms with Crippen LogP contribution < -0.4 is 0 Å². The van der Waals surface area contributed by atoms with Gasteiger partial charge in [-0.05, 0) is 6.92 Å². The van der Waals surface area contributed by atoms with Gasteiger partial charge in [-0.3, -0.25) is 4.79 Å². The van der Waals surface area contributed by atoms with E-state index in [1.54, 1.807) is 0 Å². The van der Waals surface area contributed by atoms with Gasteiger partial charge in [0.05, 0.1) is 5.75 Å². The average Bonchev–Trinajstić information content (AvgIpc) is 1.87. The number of aliphatic hydroxyl groups is 1. The van der Waals surface area contributed by atoms with Crippen molar-refractivity contribution in [2.24, 2.45) is 0 Å². The van der Waals surface area contributed by atoms with E-state index in [2.05, 4.69) is 17.4 Å². The number of esters is 2. The van der Waals surface area contributed by atoms with E-state index in [1.165, 1.54) is 6.92 Å². The first-order valence-corrected chi connectivity index (χ1v) is 3.24. The Balaban J connectivity index is 3.69. The summed E-state index contributed by atoms with van der Waals surface area (Å²) < 4.78 is 4.06. The zero-order valence-corrected chi connectivity index (χ0v) is 6.30. The van der Waals surface area contributed by atoms with E-state index in [9.17, 15) is 9.59 Å². The summed E-state index contributed by atoms with van der Waals surface area (Å²) >= 11 is 3.55. The van der Waals surface area contributed by atoms with Gasteiger partial charge in [0.2, 0.25) is 0 Å². The molecule has 0 rings (SSSR count). The summed E-state index contributed by atoms with van der Waals surface area (Å²) in [5.74, 6) is -1.87. The predicted molar refractivity (Wildman–Crippen MR) is 36.6 cm³/mol. The summed E-state index contributed by atoms with van der Waals surface area (Å²) in [6, 6.07) is 0. The predicted octanol–water partition coefficient (Wildman–Crippen LogP) is -0.633. The number of thiol groups is 1. The summed E-state index contributed by atoms with van der Waals surface area (Å²) in [7, 11) is 0. The molecule has 5 heteroatoms. The van der Waals surface area contributed by atoms with Crippen molar-refractivity contribution in [3.63, 3.8) is 0 Å². The number of hydrogen-bond acceptors (Lipinski definition) is 5. The molecule has 0 bridgehead atoms. The summed E-state index contributed by atoms with van der Waals surface area (Å²) in [4.78, 5) is 20.7. The van der Waals surface area contributed by atoms with Crippen LogP contribution in [0.5, 0.6) is 0 Å². The lowest BCUT2D eigenvalue weighted by Gasteiger charge is -2.01. The zero-order chi connectivity index (χ0) is 8.15. The first-order valence-electron chi connectivity index (χ1n) is 2.61. The highest BCUT2D eigenvalue weighted by Gasteiger charge is 2.13. The fraction of sp³-hybridized carbons (Fsp3) is 0.600. The van der Waals surface area contributed by atoms with E-state index in [1.807, 2.05) is 0 Å². The van der Waals surface area contributed by atoms with Crippen LogP contribution in [0.15, 0.2) is 0 Å². The normalized spacial score (nSPS) is 12.3. The van der Waals surface area contributed by atoms with Gasteiger partial charge in [0.15, 0.2) is 0 Å². The molecule has 4 nitrogen and oxygen atoms in total. The SMILES string of the molecule is CC(O)C(=O)OC(=O)CS. The molecule has 0 aliphatic rings. The molecule has 10 heavy (non-hydrogen) atoms. The molecule has 0 fully saturated rings. The molecule has 0 heterocycles. The molecule has 0 aromatic heterocycles. The van der Waals surface area contributed by atoms with Gasteiger partial charge in [-0.15, -0.1) is 0 Å². The van der Waals surface area contributed by atoms with Crippen LogP contribution in [0.4, 0.5) is 0 Å². The molecular weight excluding hydrogens is 156 g/mol. The van der Waals surface area contributed by atoms with Crippen LogP contribution in [0.3, 0.4) is 0 Å². The third-order valence-electron chi connectivity index (χ3n) is 0.685. The third kappa shape index (κ3) is 3.47. The molecular formula is C5H8O4S. The molecule has 0 aromatic rings. The van der Waals surface area contributed by atoms with Crippen molar-refractivity contribution in [1.82, 2.24) is 0 Å². The van der Waals surface area contributed by atoms with Gasteiger partial charge in [0.25, 0.3) is 0 Å². The van der Waals surface area contributed by atoms with Crippen molar-refractivity contribution in [3.8, 4) is 0 Å². The van der Waals surface area contributed by atoms with Crippen LogP contribution in [0.2, 0.25) is 0 Å². The molecule has 0 amide bonds. The van der Waals surface area contributed by atoms with Crippen molar-refractivity contribution >= 4 is 24.6 Å². The zero-order valence-electron chi connectivity index (χ0n) is 5.40. The Hall–Kier alpha value is -0.550. The smallest absolute Gasteiger partial charge is 0.342 e. The van der Waals surface area contributed by atoms with Crippen LogP contribution in [0.1, 0.15) is 6.92 Å². The fourth-order valence-electron chi connectivity index (χ4n) is 0.230. The lowest BCUT2D eigenvalue weighted by molar-refractivity contribution is -0.163. The molecule has 0 saturated heterocycles. The molecule has 1 atom stereocenters. The van der Waals surface area contributed by atoms with Crippen molar-refractivity contribution < 1.29 is 19.4 Å². The Kier molecular flexibility index (Phi) is 4.06. The number of ether oxygens (including phenoxy) is 1. The van der Waals surface area contributed by atoms with Gasteiger partial charge in [-0.25, -0.2) is 4.79 Å². The second-order valence-electron chi connectivity index (χ2n) is 1.63. The molecule has 0 radical (unpaired) electrons. The van der Waals surface area contributed by atoms with Gasteiger partial charge in [-0.1, -0.05) is 0 Å². The Morgan fingerprint density at radius 3 is 2.50 bits per heavy atom. The maximum absolute atomic E-state index is 10.4. The van der Waals surface area contributed by atoms with Crippen LogP contribution in [0.25, 0.3) is 0 Å². The lowest BCUT2D eigenvalue weighted by atomic mass is 10.4. The van der Waals surface area contributed by atoms with Crippen molar-refractivity contribution in [2.75, 3.05) is 5.75 Å². The Morgan fingerprint density at radius 1 is 1.70 bits per heavy atom. The Labute approximate surface area is 63.6 Å². The number of rotatable bonds is 2. The van der Waals surface area contributed by atoms with E-state index in [-0.39, 0.29) is 5.75 Å². The number of carbonyl (C=O) groups excluding carboxylic acids is 2. The highest BCUT2D eigenvalue weighted by Crippen LogP contribution is 1.88. The number of aliphatic hydroxyl groups excluding tert-OH is 1. The lowest BCUT2D eigenvalue weighted by Crippen LogP contribution is -2.23. The van der Waals surface area contributed by atoms with Crippen LogP contribution in [-0.2, 0) is 14.3 Å². The molecule has 0 spiro atoms. The minimum absolute atomic E-state index is 0.168. The molecule has 1 N–H and O–H groups in total. The molecule has 0 aromatic carbocycles. The van der Waals surface area contributed by atoms with Crippen molar-refractivity contribution in [3.05, 3.63) is 0 Å². The second-order valence-corrected chi connectivity index (χ2v) is 1.94.